The van der Waals surface area contributed by atoms with E-state index in [0.29, 0.717) is 23.6 Å². The first-order valence-corrected chi connectivity index (χ1v) is 13.8. The van der Waals surface area contributed by atoms with E-state index in [-0.39, 0.29) is 24.0 Å². The zero-order valence-corrected chi connectivity index (χ0v) is 21.5. The molecule has 0 radical (unpaired) electrons. The van der Waals surface area contributed by atoms with Gasteiger partial charge in [0.1, 0.15) is 18.1 Å². The Labute approximate surface area is 201 Å². The van der Waals surface area contributed by atoms with Gasteiger partial charge in [0.15, 0.2) is 6.10 Å². The van der Waals surface area contributed by atoms with Gasteiger partial charge < -0.3 is 14.8 Å². The molecule has 188 valence electrons. The largest absolute Gasteiger partial charge is 0.492 e. The van der Waals surface area contributed by atoms with Crippen LogP contribution in [0.1, 0.15) is 13.3 Å². The summed E-state index contributed by atoms with van der Waals surface area (Å²) < 4.78 is 61.0. The molecule has 12 heteroatoms. The molecule has 0 saturated heterocycles. The Bertz CT molecular complexity index is 1160. The van der Waals surface area contributed by atoms with Crippen LogP contribution in [0, 0.1) is 0 Å². The van der Waals surface area contributed by atoms with Gasteiger partial charge in [-0.05, 0) is 55.0 Å². The fraction of sp³-hybridized carbons (Fsp3) is 0.409. The average molecular weight is 514 g/mol. The van der Waals surface area contributed by atoms with Crippen LogP contribution < -0.4 is 19.1 Å². The molecule has 0 aromatic heterocycles. The van der Waals surface area contributed by atoms with Gasteiger partial charge in [-0.25, -0.2) is 21.1 Å². The first kappa shape index (κ1) is 27.4. The Morgan fingerprint density at radius 2 is 1.50 bits per heavy atom. The maximum atomic E-state index is 12.5. The van der Waals surface area contributed by atoms with Crippen molar-refractivity contribution in [2.75, 3.05) is 44.9 Å². The van der Waals surface area contributed by atoms with Gasteiger partial charge in [0.05, 0.1) is 23.4 Å². The Morgan fingerprint density at radius 1 is 0.941 bits per heavy atom. The summed E-state index contributed by atoms with van der Waals surface area (Å²) in [5, 5.41) is 2.75. The summed E-state index contributed by atoms with van der Waals surface area (Å²) in [4.78, 5) is 12.6. The minimum absolute atomic E-state index is 0.164. The van der Waals surface area contributed by atoms with E-state index in [1.807, 2.05) is 6.92 Å². The van der Waals surface area contributed by atoms with Crippen LogP contribution in [-0.2, 0) is 24.8 Å². The highest BCUT2D eigenvalue weighted by atomic mass is 32.2. The van der Waals surface area contributed by atoms with Crippen LogP contribution in [0.3, 0.4) is 0 Å². The van der Waals surface area contributed by atoms with Crippen molar-refractivity contribution in [3.8, 4) is 11.5 Å². The molecule has 0 aliphatic heterocycles. The van der Waals surface area contributed by atoms with Gasteiger partial charge >= 0.3 is 0 Å². The third-order valence-corrected chi connectivity index (χ3v) is 7.95. The van der Waals surface area contributed by atoms with E-state index < -0.39 is 26.2 Å². The van der Waals surface area contributed by atoms with Crippen molar-refractivity contribution in [2.24, 2.45) is 0 Å². The lowest BCUT2D eigenvalue weighted by molar-refractivity contribution is -0.128. The standard InChI is InChI=1S/C22H31N3O7S2/c1-6-21(32-19-9-7-17(8-10-19)25(4)33(5,27)28)22(26)23-15-16-31-18-11-13-20(14-12-18)34(29,30)24(2)3/h7-14,21H,6,15-16H2,1-5H3,(H,23,26)/t21-/m0/s1. The minimum Gasteiger partial charge on any atom is -0.492 e. The molecule has 1 atom stereocenters. The van der Waals surface area contributed by atoms with E-state index in [9.17, 15) is 21.6 Å². The van der Waals surface area contributed by atoms with E-state index in [0.717, 1.165) is 14.9 Å². The third-order valence-electron chi connectivity index (χ3n) is 4.91. The zero-order valence-electron chi connectivity index (χ0n) is 19.9. The number of carbonyl (C=O) groups excluding carboxylic acids is 1. The lowest BCUT2D eigenvalue weighted by Gasteiger charge is -2.19. The van der Waals surface area contributed by atoms with Crippen LogP contribution >= 0.6 is 0 Å². The summed E-state index contributed by atoms with van der Waals surface area (Å²) in [6.07, 6.45) is 0.817. The number of nitrogens with zero attached hydrogens (tertiary/aromatic N) is 2. The van der Waals surface area contributed by atoms with E-state index >= 15 is 0 Å². The predicted molar refractivity (Wildman–Crippen MR) is 130 cm³/mol. The number of rotatable bonds is 12. The van der Waals surface area contributed by atoms with Crippen LogP contribution in [-0.4, -0.2) is 73.7 Å². The molecule has 0 bridgehead atoms. The van der Waals surface area contributed by atoms with Crippen LogP contribution in [0.25, 0.3) is 0 Å². The molecular weight excluding hydrogens is 482 g/mol. The summed E-state index contributed by atoms with van der Waals surface area (Å²) in [7, 11) is -2.50. The smallest absolute Gasteiger partial charge is 0.261 e. The molecular formula is C22H31N3O7S2. The summed E-state index contributed by atoms with van der Waals surface area (Å²) >= 11 is 0. The van der Waals surface area contributed by atoms with Gasteiger partial charge in [-0.2, -0.15) is 0 Å². The van der Waals surface area contributed by atoms with Gasteiger partial charge in [0.2, 0.25) is 20.0 Å². The average Bonchev–Trinajstić information content (AvgIpc) is 2.79. The summed E-state index contributed by atoms with van der Waals surface area (Å²) in [6, 6.07) is 12.5. The number of hydrogen-bond acceptors (Lipinski definition) is 7. The van der Waals surface area contributed by atoms with Gasteiger partial charge in [0.25, 0.3) is 5.91 Å². The Balaban J connectivity index is 1.84. The Morgan fingerprint density at radius 3 is 2.00 bits per heavy atom. The molecule has 0 aliphatic rings. The fourth-order valence-corrected chi connectivity index (χ4v) is 4.19. The molecule has 2 aromatic rings. The van der Waals surface area contributed by atoms with Crippen molar-refractivity contribution >= 4 is 31.6 Å². The molecule has 0 heterocycles. The zero-order chi connectivity index (χ0) is 25.5. The van der Waals surface area contributed by atoms with Crippen molar-refractivity contribution in [1.82, 2.24) is 9.62 Å². The molecule has 0 fully saturated rings. The number of anilines is 1. The monoisotopic (exact) mass is 513 g/mol. The van der Waals surface area contributed by atoms with E-state index in [1.165, 1.54) is 33.3 Å². The first-order chi connectivity index (χ1) is 15.9. The normalized spacial score (nSPS) is 12.8. The predicted octanol–water partition coefficient (Wildman–Crippen LogP) is 1.69. The van der Waals surface area contributed by atoms with Crippen molar-refractivity contribution in [1.29, 1.82) is 0 Å². The maximum absolute atomic E-state index is 12.5. The fourth-order valence-electron chi connectivity index (χ4n) is 2.79. The number of sulfonamides is 2. The van der Waals surface area contributed by atoms with Crippen LogP contribution in [0.2, 0.25) is 0 Å². The lowest BCUT2D eigenvalue weighted by Crippen LogP contribution is -2.39. The molecule has 1 amide bonds. The molecule has 0 aliphatic carbocycles. The molecule has 0 unspecified atom stereocenters. The molecule has 34 heavy (non-hydrogen) atoms. The molecule has 10 nitrogen and oxygen atoms in total. The van der Waals surface area contributed by atoms with Crippen LogP contribution in [0.15, 0.2) is 53.4 Å². The number of ether oxygens (including phenoxy) is 2. The molecule has 1 N–H and O–H groups in total. The maximum Gasteiger partial charge on any atom is 0.261 e. The highest BCUT2D eigenvalue weighted by molar-refractivity contribution is 7.92. The van der Waals surface area contributed by atoms with E-state index in [2.05, 4.69) is 5.32 Å². The second kappa shape index (κ2) is 11.5. The van der Waals surface area contributed by atoms with Gasteiger partial charge in [0, 0.05) is 21.1 Å². The second-order valence-corrected chi connectivity index (χ2v) is 11.8. The number of carbonyl (C=O) groups is 1. The van der Waals surface area contributed by atoms with Crippen LogP contribution in [0.5, 0.6) is 11.5 Å². The summed E-state index contributed by atoms with van der Waals surface area (Å²) in [5.41, 5.74) is 0.483. The summed E-state index contributed by atoms with van der Waals surface area (Å²) in [5.74, 6) is 0.613. The molecule has 2 aromatic carbocycles. The van der Waals surface area contributed by atoms with Crippen LogP contribution in [0.4, 0.5) is 5.69 Å². The van der Waals surface area contributed by atoms with Gasteiger partial charge in [-0.1, -0.05) is 6.92 Å². The highest BCUT2D eigenvalue weighted by Gasteiger charge is 2.19. The van der Waals surface area contributed by atoms with Crippen molar-refractivity contribution < 1.29 is 31.1 Å². The molecule has 0 spiro atoms. The van der Waals surface area contributed by atoms with Crippen molar-refractivity contribution in [3.63, 3.8) is 0 Å². The number of amides is 1. The quantitative estimate of drug-likeness (QED) is 0.429. The SMILES string of the molecule is CC[C@H](Oc1ccc(N(C)S(C)(=O)=O)cc1)C(=O)NCCOc1ccc(S(=O)(=O)N(C)C)cc1. The Kier molecular flexibility index (Phi) is 9.30. The Hall–Kier alpha value is -2.83. The minimum atomic E-state index is -3.50. The van der Waals surface area contributed by atoms with Gasteiger partial charge in [-0.15, -0.1) is 0 Å². The number of nitrogens with one attached hydrogen (secondary N) is 1. The lowest BCUT2D eigenvalue weighted by atomic mass is 10.2. The van der Waals surface area contributed by atoms with E-state index in [1.54, 1.807) is 36.4 Å². The van der Waals surface area contributed by atoms with Gasteiger partial charge in [-0.3, -0.25) is 9.10 Å². The highest BCUT2D eigenvalue weighted by Crippen LogP contribution is 2.22. The number of hydrogen-bond donors (Lipinski definition) is 1. The topological polar surface area (TPSA) is 122 Å². The third kappa shape index (κ3) is 7.34. The molecule has 2 rings (SSSR count). The van der Waals surface area contributed by atoms with Crippen molar-refractivity contribution in [2.45, 2.75) is 24.3 Å². The van der Waals surface area contributed by atoms with E-state index in [4.69, 9.17) is 9.47 Å². The second-order valence-electron chi connectivity index (χ2n) is 7.64. The summed E-state index contributed by atoms with van der Waals surface area (Å²) in [6.45, 7) is 2.24. The molecule has 0 saturated carbocycles. The first-order valence-electron chi connectivity index (χ1n) is 10.5. The number of benzene rings is 2. The van der Waals surface area contributed by atoms with Crippen molar-refractivity contribution in [3.05, 3.63) is 48.5 Å².